The molecule has 1 aliphatic heterocycles. The van der Waals surface area contributed by atoms with Crippen LogP contribution in [0.3, 0.4) is 0 Å². The molecular weight excluding hydrogens is 705 g/mol. The summed E-state index contributed by atoms with van der Waals surface area (Å²) in [5.74, 6) is 0. The van der Waals surface area contributed by atoms with Crippen LogP contribution in [0.4, 0.5) is 0 Å². The van der Waals surface area contributed by atoms with E-state index in [-0.39, 0.29) is 0 Å². The molecule has 0 fully saturated rings. The molecule has 0 saturated carbocycles. The van der Waals surface area contributed by atoms with Crippen LogP contribution in [0.25, 0.3) is 77.2 Å². The minimum atomic E-state index is -2.83. The first-order chi connectivity index (χ1) is 28.3. The third kappa shape index (κ3) is 4.52. The van der Waals surface area contributed by atoms with Crippen molar-refractivity contribution in [2.24, 2.45) is 0 Å². The van der Waals surface area contributed by atoms with Crippen molar-refractivity contribution in [1.29, 1.82) is 0 Å². The van der Waals surface area contributed by atoms with Crippen molar-refractivity contribution in [3.8, 4) is 33.6 Å². The molecule has 0 spiro atoms. The molecule has 2 nitrogen and oxygen atoms in total. The Balaban J connectivity index is 1.15. The van der Waals surface area contributed by atoms with Gasteiger partial charge in [0, 0.05) is 32.9 Å². The first-order valence-electron chi connectivity index (χ1n) is 19.8. The van der Waals surface area contributed by atoms with Crippen LogP contribution in [0.5, 0.6) is 0 Å². The van der Waals surface area contributed by atoms with Crippen LogP contribution in [0.1, 0.15) is 0 Å². The molecule has 3 heteroatoms. The summed E-state index contributed by atoms with van der Waals surface area (Å²) in [4.78, 5) is 0. The van der Waals surface area contributed by atoms with Gasteiger partial charge in [-0.2, -0.15) is 0 Å². The number of para-hydroxylation sites is 3. The third-order valence-corrected chi connectivity index (χ3v) is 17.3. The van der Waals surface area contributed by atoms with Gasteiger partial charge in [0.15, 0.2) is 8.07 Å². The Labute approximate surface area is 332 Å². The van der Waals surface area contributed by atoms with E-state index < -0.39 is 8.07 Å². The molecule has 0 unspecified atom stereocenters. The van der Waals surface area contributed by atoms with E-state index in [2.05, 4.69) is 228 Å². The van der Waals surface area contributed by atoms with Crippen LogP contribution in [0, 0.1) is 0 Å². The van der Waals surface area contributed by atoms with Crippen molar-refractivity contribution in [2.45, 2.75) is 0 Å². The second kappa shape index (κ2) is 12.4. The average Bonchev–Trinajstić information content (AvgIpc) is 3.77. The maximum Gasteiger partial charge on any atom is 0.180 e. The summed E-state index contributed by atoms with van der Waals surface area (Å²) in [6, 6.07) is 81.6. The van der Waals surface area contributed by atoms with Gasteiger partial charge in [-0.15, -0.1) is 0 Å². The Morgan fingerprint density at radius 2 is 0.667 bits per heavy atom. The Morgan fingerprint density at radius 3 is 1.26 bits per heavy atom. The molecule has 57 heavy (non-hydrogen) atoms. The Kier molecular flexibility index (Phi) is 6.98. The second-order valence-corrected chi connectivity index (χ2v) is 19.0. The number of fused-ring (bicyclic) bond motifs is 11. The van der Waals surface area contributed by atoms with Crippen LogP contribution >= 0.6 is 0 Å². The summed E-state index contributed by atoms with van der Waals surface area (Å²) >= 11 is 0. The number of hydrogen-bond acceptors (Lipinski definition) is 0. The number of nitrogens with zero attached hydrogens (tertiary/aromatic N) is 2. The zero-order chi connectivity index (χ0) is 37.5. The van der Waals surface area contributed by atoms with Gasteiger partial charge in [0.2, 0.25) is 0 Å². The fourth-order valence-electron chi connectivity index (χ4n) is 10.1. The lowest BCUT2D eigenvalue weighted by Gasteiger charge is -2.36. The summed E-state index contributed by atoms with van der Waals surface area (Å²) in [7, 11) is -2.83. The highest BCUT2D eigenvalue weighted by Gasteiger charge is 2.46. The standard InChI is InChI=1S/C54H36N2Si/c1-3-17-39(18-4-1)57(40-19-5-2-6-20-40)53-30-16-12-26-46(53)41-21-7-8-22-42(41)48-36-38(32-34-54(48)57)56-51-29-15-11-25-45(51)47-35-37(31-33-52(47)56)55-49-27-13-9-23-43(49)44-24-10-14-28-50(44)55/h1-36H. The molecule has 2 aromatic heterocycles. The molecule has 1 aliphatic rings. The smallest absolute Gasteiger partial charge is 0.180 e. The van der Waals surface area contributed by atoms with Crippen molar-refractivity contribution in [1.82, 2.24) is 9.13 Å². The van der Waals surface area contributed by atoms with Crippen LogP contribution in [0.2, 0.25) is 0 Å². The van der Waals surface area contributed by atoms with Crippen molar-refractivity contribution >= 4 is 72.4 Å². The molecular formula is C54H36N2Si. The van der Waals surface area contributed by atoms with E-state index in [1.54, 1.807) is 0 Å². The molecule has 0 saturated heterocycles. The molecule has 0 bridgehead atoms. The molecule has 0 radical (unpaired) electrons. The maximum atomic E-state index is 2.49. The maximum absolute atomic E-state index is 2.83. The van der Waals surface area contributed by atoms with E-state index in [9.17, 15) is 0 Å². The van der Waals surface area contributed by atoms with E-state index in [4.69, 9.17) is 0 Å². The van der Waals surface area contributed by atoms with Crippen molar-refractivity contribution in [3.63, 3.8) is 0 Å². The Morgan fingerprint density at radius 1 is 0.263 bits per heavy atom. The van der Waals surface area contributed by atoms with Crippen molar-refractivity contribution in [2.75, 3.05) is 0 Å². The SMILES string of the molecule is c1ccc([Si]2(c3ccccc3)c3ccccc3-c3ccccc3-c3cc(-n4c5ccccc5c5cc(-n6c7ccccc7c7ccccc76)ccc54)ccc32)cc1. The summed E-state index contributed by atoms with van der Waals surface area (Å²) in [5.41, 5.74) is 12.3. The predicted molar refractivity (Wildman–Crippen MR) is 243 cm³/mol. The molecule has 266 valence electrons. The Bertz CT molecular complexity index is 3260. The number of hydrogen-bond donors (Lipinski definition) is 0. The highest BCUT2D eigenvalue weighted by molar-refractivity contribution is 7.21. The number of aromatic nitrogens is 2. The van der Waals surface area contributed by atoms with Gasteiger partial charge < -0.3 is 9.13 Å². The lowest BCUT2D eigenvalue weighted by molar-refractivity contribution is 1.17. The monoisotopic (exact) mass is 740 g/mol. The van der Waals surface area contributed by atoms with E-state index >= 15 is 0 Å². The summed E-state index contributed by atoms with van der Waals surface area (Å²) in [5, 5.41) is 10.6. The van der Waals surface area contributed by atoms with Gasteiger partial charge in [-0.25, -0.2) is 0 Å². The first kappa shape index (κ1) is 32.1. The van der Waals surface area contributed by atoms with E-state index in [0.717, 1.165) is 11.4 Å². The highest BCUT2D eigenvalue weighted by atomic mass is 28.3. The zero-order valence-electron chi connectivity index (χ0n) is 31.2. The third-order valence-electron chi connectivity index (χ3n) is 12.4. The zero-order valence-corrected chi connectivity index (χ0v) is 32.2. The Hall–Kier alpha value is -7.20. The van der Waals surface area contributed by atoms with Crippen LogP contribution < -0.4 is 20.7 Å². The highest BCUT2D eigenvalue weighted by Crippen LogP contribution is 2.40. The first-order valence-corrected chi connectivity index (χ1v) is 21.8. The van der Waals surface area contributed by atoms with E-state index in [1.807, 2.05) is 0 Å². The van der Waals surface area contributed by atoms with Gasteiger partial charge in [0.25, 0.3) is 0 Å². The molecule has 0 N–H and O–H groups in total. The second-order valence-electron chi connectivity index (χ2n) is 15.2. The number of benzene rings is 9. The summed E-state index contributed by atoms with van der Waals surface area (Å²) in [6.07, 6.45) is 0. The summed E-state index contributed by atoms with van der Waals surface area (Å²) in [6.45, 7) is 0. The topological polar surface area (TPSA) is 9.86 Å². The van der Waals surface area contributed by atoms with Gasteiger partial charge in [0.1, 0.15) is 0 Å². The van der Waals surface area contributed by atoms with Gasteiger partial charge in [0.05, 0.1) is 22.1 Å². The molecule has 11 aromatic rings. The molecule has 3 heterocycles. The lowest BCUT2D eigenvalue weighted by Crippen LogP contribution is -2.75. The fraction of sp³-hybridized carbons (Fsp3) is 0. The largest absolute Gasteiger partial charge is 0.309 e. The minimum absolute atomic E-state index is 1.16. The quantitative estimate of drug-likeness (QED) is 0.159. The molecule has 0 atom stereocenters. The summed E-state index contributed by atoms with van der Waals surface area (Å²) < 4.78 is 4.90. The molecule has 0 amide bonds. The van der Waals surface area contributed by atoms with Crippen LogP contribution in [-0.4, -0.2) is 17.2 Å². The van der Waals surface area contributed by atoms with Crippen molar-refractivity contribution in [3.05, 3.63) is 218 Å². The van der Waals surface area contributed by atoms with Crippen LogP contribution in [0.15, 0.2) is 218 Å². The van der Waals surface area contributed by atoms with Crippen LogP contribution in [-0.2, 0) is 0 Å². The normalized spacial score (nSPS) is 13.1. The van der Waals surface area contributed by atoms with E-state index in [0.29, 0.717) is 0 Å². The average molecular weight is 741 g/mol. The predicted octanol–water partition coefficient (Wildman–Crippen LogP) is 10.9. The van der Waals surface area contributed by atoms with E-state index in [1.165, 1.54) is 86.6 Å². The van der Waals surface area contributed by atoms with Crippen molar-refractivity contribution < 1.29 is 0 Å². The fourth-order valence-corrected chi connectivity index (χ4v) is 15.3. The minimum Gasteiger partial charge on any atom is -0.309 e. The van der Waals surface area contributed by atoms with Gasteiger partial charge in [-0.3, -0.25) is 0 Å². The lowest BCUT2D eigenvalue weighted by atomic mass is 9.94. The van der Waals surface area contributed by atoms with Gasteiger partial charge in [-0.1, -0.05) is 170 Å². The van der Waals surface area contributed by atoms with Gasteiger partial charge in [-0.05, 0) is 91.5 Å². The number of rotatable bonds is 4. The molecule has 0 aliphatic carbocycles. The molecule has 12 rings (SSSR count). The van der Waals surface area contributed by atoms with Gasteiger partial charge >= 0.3 is 0 Å². The molecule has 9 aromatic carbocycles.